The van der Waals surface area contributed by atoms with Crippen LogP contribution in [0.25, 0.3) is 10.9 Å². The van der Waals surface area contributed by atoms with Gasteiger partial charge in [-0.2, -0.15) is 5.10 Å². The number of hydrogen-bond donors (Lipinski definition) is 1. The van der Waals surface area contributed by atoms with E-state index in [1.165, 1.54) is 19.3 Å². The van der Waals surface area contributed by atoms with Gasteiger partial charge in [-0.3, -0.25) is 9.48 Å². The molecule has 0 spiro atoms. The first kappa shape index (κ1) is 17.2. The van der Waals surface area contributed by atoms with Crippen LogP contribution in [0.3, 0.4) is 0 Å². The smallest absolute Gasteiger partial charge is 0.348 e. The van der Waals surface area contributed by atoms with E-state index in [1.54, 1.807) is 4.68 Å². The van der Waals surface area contributed by atoms with Gasteiger partial charge in [0.2, 0.25) is 0 Å². The molecule has 3 atom stereocenters. The van der Waals surface area contributed by atoms with Crippen molar-refractivity contribution in [1.82, 2.24) is 20.0 Å². The van der Waals surface area contributed by atoms with Crippen LogP contribution in [0.4, 0.5) is 0 Å². The number of carbonyl (C=O) groups excluding carboxylic acids is 1. The topological polar surface area (TPSA) is 50.2 Å². The van der Waals surface area contributed by atoms with Gasteiger partial charge in [-0.25, -0.2) is 0 Å². The Balaban J connectivity index is 0.00000113. The largest absolute Gasteiger partial charge is 1.00 e. The normalized spacial score (nSPS) is 26.8. The molecule has 0 radical (unpaired) electrons. The molecule has 3 heterocycles. The second kappa shape index (κ2) is 6.73. The van der Waals surface area contributed by atoms with E-state index in [4.69, 9.17) is 0 Å². The van der Waals surface area contributed by atoms with Gasteiger partial charge in [-0.15, -0.1) is 12.4 Å². The third kappa shape index (κ3) is 2.91. The number of amides is 1. The van der Waals surface area contributed by atoms with Crippen LogP contribution in [0.2, 0.25) is 0 Å². The minimum Gasteiger partial charge on any atom is -0.348 e. The second-order valence-corrected chi connectivity index (χ2v) is 7.04. The lowest BCUT2D eigenvalue weighted by Crippen LogP contribution is -2.55. The number of halogens is 1. The SMILES string of the molecule is CN1[C@@H]2CCC[C@H]1CC(NC(=O)c1nn(C)c3ccccc13)C2.Cl.[H+]. The molecular weight excluding hydrogens is 324 g/mol. The number of aryl methyl sites for hydroxylation is 1. The lowest BCUT2D eigenvalue weighted by Gasteiger charge is -2.47. The van der Waals surface area contributed by atoms with Gasteiger partial charge in [-0.05, 0) is 38.8 Å². The summed E-state index contributed by atoms with van der Waals surface area (Å²) in [7, 11) is 4.12. The maximum Gasteiger partial charge on any atom is 1.00 e. The fourth-order valence-corrected chi connectivity index (χ4v) is 4.37. The van der Waals surface area contributed by atoms with Crippen LogP contribution in [-0.2, 0) is 7.05 Å². The van der Waals surface area contributed by atoms with E-state index < -0.39 is 0 Å². The van der Waals surface area contributed by atoms with Gasteiger partial charge in [0.1, 0.15) is 0 Å². The van der Waals surface area contributed by atoms with E-state index in [2.05, 4.69) is 22.4 Å². The van der Waals surface area contributed by atoms with Crippen molar-refractivity contribution in [2.45, 2.75) is 50.2 Å². The molecule has 1 N–H and O–H groups in total. The minimum absolute atomic E-state index is 0. The lowest BCUT2D eigenvalue weighted by molar-refractivity contribution is 0.0462. The number of benzene rings is 1. The second-order valence-electron chi connectivity index (χ2n) is 7.04. The Morgan fingerprint density at radius 3 is 2.58 bits per heavy atom. The molecule has 2 saturated heterocycles. The van der Waals surface area contributed by atoms with E-state index in [-0.39, 0.29) is 25.8 Å². The number of para-hydroxylation sites is 1. The molecule has 4 rings (SSSR count). The number of piperidine rings is 2. The molecule has 130 valence electrons. The zero-order chi connectivity index (χ0) is 16.0. The number of rotatable bonds is 2. The van der Waals surface area contributed by atoms with Crippen LogP contribution in [0.15, 0.2) is 24.3 Å². The predicted molar refractivity (Wildman–Crippen MR) is 98.8 cm³/mol. The van der Waals surface area contributed by atoms with Crippen LogP contribution in [0.5, 0.6) is 0 Å². The highest BCUT2D eigenvalue weighted by atomic mass is 35.5. The van der Waals surface area contributed by atoms with Gasteiger partial charge in [-0.1, -0.05) is 24.6 Å². The fourth-order valence-electron chi connectivity index (χ4n) is 4.37. The summed E-state index contributed by atoms with van der Waals surface area (Å²) in [5.41, 5.74) is 1.55. The van der Waals surface area contributed by atoms with Crippen molar-refractivity contribution in [3.05, 3.63) is 30.0 Å². The summed E-state index contributed by atoms with van der Waals surface area (Å²) in [4.78, 5) is 15.3. The van der Waals surface area contributed by atoms with E-state index in [0.717, 1.165) is 23.7 Å². The molecule has 1 aromatic carbocycles. The molecule has 1 unspecified atom stereocenters. The summed E-state index contributed by atoms with van der Waals surface area (Å²) in [6, 6.07) is 9.42. The fraction of sp³-hybridized carbons (Fsp3) is 0.556. The van der Waals surface area contributed by atoms with Crippen LogP contribution < -0.4 is 5.32 Å². The van der Waals surface area contributed by atoms with Crippen LogP contribution in [-0.4, -0.2) is 45.8 Å². The van der Waals surface area contributed by atoms with Gasteiger partial charge in [0.15, 0.2) is 5.69 Å². The zero-order valence-corrected chi connectivity index (χ0v) is 15.1. The Bertz CT molecular complexity index is 736. The first-order chi connectivity index (χ1) is 11.1. The molecule has 1 aromatic heterocycles. The van der Waals surface area contributed by atoms with Gasteiger partial charge >= 0.3 is 1.43 Å². The van der Waals surface area contributed by atoms with Crippen molar-refractivity contribution >= 4 is 29.2 Å². The average Bonchev–Trinajstić information content (AvgIpc) is 2.86. The minimum atomic E-state index is -0.0329. The highest BCUT2D eigenvalue weighted by Crippen LogP contribution is 2.32. The molecule has 24 heavy (non-hydrogen) atoms. The number of fused-ring (bicyclic) bond motifs is 3. The Labute approximate surface area is 150 Å². The Morgan fingerprint density at radius 2 is 1.88 bits per heavy atom. The molecule has 2 fully saturated rings. The van der Waals surface area contributed by atoms with Gasteiger partial charge in [0.05, 0.1) is 5.52 Å². The van der Waals surface area contributed by atoms with Gasteiger partial charge in [0.25, 0.3) is 5.91 Å². The Morgan fingerprint density at radius 1 is 1.21 bits per heavy atom. The van der Waals surface area contributed by atoms with Gasteiger partial charge in [0, 0.05) is 30.6 Å². The summed E-state index contributed by atoms with van der Waals surface area (Å²) in [5.74, 6) is -0.0329. The molecule has 2 aliphatic heterocycles. The first-order valence-electron chi connectivity index (χ1n) is 8.58. The first-order valence-corrected chi connectivity index (χ1v) is 8.58. The Kier molecular flexibility index (Phi) is 4.83. The van der Waals surface area contributed by atoms with E-state index in [0.29, 0.717) is 17.8 Å². The van der Waals surface area contributed by atoms with Crippen molar-refractivity contribution < 1.29 is 6.22 Å². The maximum absolute atomic E-state index is 12.7. The molecule has 1 amide bonds. The standard InChI is InChI=1S/C18H24N4O.ClH/c1-21-13-6-5-7-14(21)11-12(10-13)19-18(23)17-15-8-3-4-9-16(15)22(2)20-17;/h3-4,8-9,12-14H,5-7,10-11H2,1-2H3,(H,19,23);1H/p+1/t12?,13-,14+;. The third-order valence-electron chi connectivity index (χ3n) is 5.65. The molecule has 2 bridgehead atoms. The van der Waals surface area contributed by atoms with E-state index >= 15 is 0 Å². The zero-order valence-electron chi connectivity index (χ0n) is 15.2. The van der Waals surface area contributed by atoms with Crippen molar-refractivity contribution in [1.29, 1.82) is 0 Å². The lowest BCUT2D eigenvalue weighted by atomic mass is 9.82. The van der Waals surface area contributed by atoms with Crippen molar-refractivity contribution in [2.24, 2.45) is 7.05 Å². The third-order valence-corrected chi connectivity index (χ3v) is 5.65. The van der Waals surface area contributed by atoms with E-state index in [1.807, 2.05) is 31.3 Å². The molecule has 0 aliphatic carbocycles. The quantitative estimate of drug-likeness (QED) is 0.907. The summed E-state index contributed by atoms with van der Waals surface area (Å²) < 4.78 is 1.79. The molecule has 2 aromatic rings. The van der Waals surface area contributed by atoms with Crippen molar-refractivity contribution in [3.8, 4) is 0 Å². The van der Waals surface area contributed by atoms with Crippen molar-refractivity contribution in [2.75, 3.05) is 7.05 Å². The molecule has 2 aliphatic rings. The molecule has 5 nitrogen and oxygen atoms in total. The number of nitrogens with one attached hydrogen (secondary N) is 1. The highest BCUT2D eigenvalue weighted by Gasteiger charge is 2.36. The highest BCUT2D eigenvalue weighted by molar-refractivity contribution is 6.04. The molecule has 6 heteroatoms. The van der Waals surface area contributed by atoms with Crippen LogP contribution in [0, 0.1) is 0 Å². The summed E-state index contributed by atoms with van der Waals surface area (Å²) >= 11 is 0. The van der Waals surface area contributed by atoms with Crippen molar-refractivity contribution in [3.63, 3.8) is 0 Å². The predicted octanol–water partition coefficient (Wildman–Crippen LogP) is 2.85. The number of aromatic nitrogens is 2. The summed E-state index contributed by atoms with van der Waals surface area (Å²) in [6.07, 6.45) is 5.95. The number of carbonyl (C=O) groups is 1. The maximum atomic E-state index is 12.7. The number of nitrogens with zero attached hydrogens (tertiary/aromatic N) is 3. The average molecular weight is 350 g/mol. The van der Waals surface area contributed by atoms with Gasteiger partial charge < -0.3 is 10.2 Å². The van der Waals surface area contributed by atoms with E-state index in [9.17, 15) is 4.79 Å². The summed E-state index contributed by atoms with van der Waals surface area (Å²) in [6.45, 7) is 0. The number of hydrogen-bond acceptors (Lipinski definition) is 3. The van der Waals surface area contributed by atoms with Crippen LogP contribution in [0.1, 0.15) is 44.0 Å². The monoisotopic (exact) mass is 349 g/mol. The Hall–Kier alpha value is -1.59. The van der Waals surface area contributed by atoms with Crippen LogP contribution >= 0.6 is 12.4 Å². The molecular formula is C18H26ClN4O+. The summed E-state index contributed by atoms with van der Waals surface area (Å²) in [5, 5.41) is 8.62. The molecule has 0 saturated carbocycles.